The van der Waals surface area contributed by atoms with Crippen LogP contribution in [0.1, 0.15) is 34.3 Å². The van der Waals surface area contributed by atoms with Crippen molar-refractivity contribution in [3.8, 4) is 0 Å². The lowest BCUT2D eigenvalue weighted by Gasteiger charge is -2.16. The Morgan fingerprint density at radius 3 is 2.58 bits per heavy atom. The van der Waals surface area contributed by atoms with Gasteiger partial charge in [-0.05, 0) is 48.9 Å². The smallest absolute Gasteiger partial charge is 0.251 e. The lowest BCUT2D eigenvalue weighted by molar-refractivity contribution is 0.0956. The summed E-state index contributed by atoms with van der Waals surface area (Å²) in [4.78, 5) is 11.9. The van der Waals surface area contributed by atoms with E-state index in [-0.39, 0.29) is 18.2 Å². The topological polar surface area (TPSA) is 63.2 Å². The van der Waals surface area contributed by atoms with Gasteiger partial charge in [-0.3, -0.25) is 4.79 Å². The summed E-state index contributed by atoms with van der Waals surface area (Å²) in [5, 5.41) is 2.64. The van der Waals surface area contributed by atoms with Crippen molar-refractivity contribution in [2.75, 3.05) is 18.6 Å². The molecule has 104 valence electrons. The van der Waals surface area contributed by atoms with E-state index >= 15 is 0 Å². The fourth-order valence-corrected chi connectivity index (χ4v) is 2.80. The third-order valence-corrected chi connectivity index (χ3v) is 4.31. The maximum absolute atomic E-state index is 11.9. The van der Waals surface area contributed by atoms with E-state index in [2.05, 4.69) is 5.32 Å². The molecule has 0 aromatic heterocycles. The van der Waals surface area contributed by atoms with Crippen LogP contribution in [0.4, 0.5) is 0 Å². The molecule has 0 radical (unpaired) electrons. The summed E-state index contributed by atoms with van der Waals surface area (Å²) in [6.45, 7) is 0.161. The van der Waals surface area contributed by atoms with Gasteiger partial charge in [0.05, 0.1) is 5.75 Å². The van der Waals surface area contributed by atoms with Gasteiger partial charge in [-0.15, -0.1) is 0 Å². The molecule has 1 amide bonds. The zero-order valence-electron chi connectivity index (χ0n) is 11.1. The van der Waals surface area contributed by atoms with Crippen LogP contribution in [0.2, 0.25) is 0 Å². The summed E-state index contributed by atoms with van der Waals surface area (Å²) in [7, 11) is -3.03. The van der Waals surface area contributed by atoms with Crippen LogP contribution >= 0.6 is 0 Å². The average molecular weight is 281 g/mol. The van der Waals surface area contributed by atoms with E-state index in [1.54, 1.807) is 0 Å². The first-order valence-electron chi connectivity index (χ1n) is 6.53. The Morgan fingerprint density at radius 2 is 1.89 bits per heavy atom. The number of fused-ring (bicyclic) bond motifs is 1. The first-order chi connectivity index (χ1) is 8.96. The number of sulfone groups is 1. The van der Waals surface area contributed by atoms with Crippen molar-refractivity contribution >= 4 is 15.7 Å². The number of aryl methyl sites for hydroxylation is 2. The highest BCUT2D eigenvalue weighted by atomic mass is 32.2. The molecule has 0 saturated carbocycles. The lowest BCUT2D eigenvalue weighted by Crippen LogP contribution is -2.29. The van der Waals surface area contributed by atoms with E-state index in [4.69, 9.17) is 0 Å². The van der Waals surface area contributed by atoms with E-state index in [0.29, 0.717) is 5.56 Å². The fourth-order valence-electron chi connectivity index (χ4n) is 2.33. The van der Waals surface area contributed by atoms with Crippen molar-refractivity contribution in [3.63, 3.8) is 0 Å². The number of nitrogens with one attached hydrogen (secondary N) is 1. The van der Waals surface area contributed by atoms with E-state index in [0.717, 1.165) is 19.1 Å². The average Bonchev–Trinajstić information content (AvgIpc) is 2.36. The molecule has 1 aliphatic rings. The quantitative estimate of drug-likeness (QED) is 0.906. The highest BCUT2D eigenvalue weighted by molar-refractivity contribution is 7.90. The number of hydrogen-bond acceptors (Lipinski definition) is 3. The van der Waals surface area contributed by atoms with Crippen LogP contribution in [0, 0.1) is 0 Å². The Kier molecular flexibility index (Phi) is 4.24. The first-order valence-corrected chi connectivity index (χ1v) is 8.59. The zero-order chi connectivity index (χ0) is 13.9. The molecule has 0 bridgehead atoms. The standard InChI is InChI=1S/C14H19NO3S/c1-19(17,18)9-8-15-14(16)13-7-6-11-4-2-3-5-12(11)10-13/h6-7,10H,2-5,8-9H2,1H3,(H,15,16). The molecule has 1 aromatic rings. The summed E-state index contributed by atoms with van der Waals surface area (Å²) in [6, 6.07) is 5.77. The first kappa shape index (κ1) is 14.1. The molecular weight excluding hydrogens is 262 g/mol. The normalized spacial score (nSPS) is 14.8. The molecule has 0 heterocycles. The molecule has 1 aromatic carbocycles. The van der Waals surface area contributed by atoms with Crippen molar-refractivity contribution in [1.29, 1.82) is 0 Å². The van der Waals surface area contributed by atoms with Crippen molar-refractivity contribution < 1.29 is 13.2 Å². The van der Waals surface area contributed by atoms with Crippen LogP contribution in [0.25, 0.3) is 0 Å². The van der Waals surface area contributed by atoms with Gasteiger partial charge in [0, 0.05) is 18.4 Å². The lowest BCUT2D eigenvalue weighted by atomic mass is 9.90. The summed E-state index contributed by atoms with van der Waals surface area (Å²) in [5.41, 5.74) is 3.20. The highest BCUT2D eigenvalue weighted by Gasteiger charge is 2.13. The maximum Gasteiger partial charge on any atom is 0.251 e. The van der Waals surface area contributed by atoms with Crippen LogP contribution < -0.4 is 5.32 Å². The summed E-state index contributed by atoms with van der Waals surface area (Å²) < 4.78 is 22.0. The number of benzene rings is 1. The van der Waals surface area contributed by atoms with Crippen LogP contribution in [0.5, 0.6) is 0 Å². The molecule has 4 nitrogen and oxygen atoms in total. The summed E-state index contributed by atoms with van der Waals surface area (Å²) in [5.74, 6) is -0.221. The molecule has 1 aliphatic carbocycles. The minimum atomic E-state index is -3.03. The van der Waals surface area contributed by atoms with Gasteiger partial charge < -0.3 is 5.32 Å². The second-order valence-electron chi connectivity index (χ2n) is 5.08. The second-order valence-corrected chi connectivity index (χ2v) is 7.34. The Bertz CT molecular complexity index is 578. The molecule has 1 N–H and O–H groups in total. The number of rotatable bonds is 4. The molecule has 0 unspecified atom stereocenters. The highest BCUT2D eigenvalue weighted by Crippen LogP contribution is 2.22. The molecule has 0 spiro atoms. The maximum atomic E-state index is 11.9. The fraction of sp³-hybridized carbons (Fsp3) is 0.500. The van der Waals surface area contributed by atoms with E-state index < -0.39 is 9.84 Å². The van der Waals surface area contributed by atoms with Gasteiger partial charge >= 0.3 is 0 Å². The van der Waals surface area contributed by atoms with E-state index in [1.165, 1.54) is 24.0 Å². The van der Waals surface area contributed by atoms with E-state index in [1.807, 2.05) is 18.2 Å². The molecular formula is C14H19NO3S. The van der Waals surface area contributed by atoms with Gasteiger partial charge in [-0.1, -0.05) is 6.07 Å². The molecule has 0 aliphatic heterocycles. The molecule has 0 fully saturated rings. The largest absolute Gasteiger partial charge is 0.351 e. The Hall–Kier alpha value is -1.36. The van der Waals surface area contributed by atoms with Crippen LogP contribution in [-0.4, -0.2) is 32.9 Å². The van der Waals surface area contributed by atoms with Crippen molar-refractivity contribution in [3.05, 3.63) is 34.9 Å². The van der Waals surface area contributed by atoms with E-state index in [9.17, 15) is 13.2 Å². The Morgan fingerprint density at radius 1 is 1.21 bits per heavy atom. The predicted molar refractivity (Wildman–Crippen MR) is 75.1 cm³/mol. The minimum absolute atomic E-state index is 0.0241. The minimum Gasteiger partial charge on any atom is -0.351 e. The van der Waals surface area contributed by atoms with Crippen molar-refractivity contribution in [1.82, 2.24) is 5.32 Å². The SMILES string of the molecule is CS(=O)(=O)CCNC(=O)c1ccc2c(c1)CCCC2. The van der Waals surface area contributed by atoms with Crippen LogP contribution in [0.3, 0.4) is 0 Å². The number of hydrogen-bond donors (Lipinski definition) is 1. The Balaban J connectivity index is 1.99. The number of carbonyl (C=O) groups is 1. The molecule has 19 heavy (non-hydrogen) atoms. The van der Waals surface area contributed by atoms with Gasteiger partial charge in [0.25, 0.3) is 5.91 Å². The monoisotopic (exact) mass is 281 g/mol. The summed E-state index contributed by atoms with van der Waals surface area (Å²) >= 11 is 0. The van der Waals surface area contributed by atoms with Gasteiger partial charge in [0.15, 0.2) is 0 Å². The van der Waals surface area contributed by atoms with Crippen molar-refractivity contribution in [2.45, 2.75) is 25.7 Å². The van der Waals surface area contributed by atoms with Gasteiger partial charge in [-0.25, -0.2) is 8.42 Å². The molecule has 5 heteroatoms. The van der Waals surface area contributed by atoms with Crippen molar-refractivity contribution in [2.24, 2.45) is 0 Å². The molecule has 0 saturated heterocycles. The third kappa shape index (κ3) is 4.06. The van der Waals surface area contributed by atoms with Gasteiger partial charge in [0.2, 0.25) is 0 Å². The third-order valence-electron chi connectivity index (χ3n) is 3.37. The Labute approximate surface area is 114 Å². The zero-order valence-corrected chi connectivity index (χ0v) is 11.9. The molecule has 0 atom stereocenters. The summed E-state index contributed by atoms with van der Waals surface area (Å²) in [6.07, 6.45) is 5.67. The predicted octanol–water partition coefficient (Wildman–Crippen LogP) is 1.34. The second kappa shape index (κ2) is 5.74. The van der Waals surface area contributed by atoms with Gasteiger partial charge in [-0.2, -0.15) is 0 Å². The van der Waals surface area contributed by atoms with Crippen LogP contribution in [0.15, 0.2) is 18.2 Å². The van der Waals surface area contributed by atoms with Crippen LogP contribution in [-0.2, 0) is 22.7 Å². The van der Waals surface area contributed by atoms with Gasteiger partial charge in [0.1, 0.15) is 9.84 Å². The number of carbonyl (C=O) groups excluding carboxylic acids is 1. The number of amides is 1. The molecule has 2 rings (SSSR count).